The van der Waals surface area contributed by atoms with Gasteiger partial charge in [0, 0.05) is 11.6 Å². The molecule has 0 amide bonds. The van der Waals surface area contributed by atoms with Gasteiger partial charge in [0.25, 0.3) is 0 Å². The summed E-state index contributed by atoms with van der Waals surface area (Å²) < 4.78 is 1.74. The highest BCUT2D eigenvalue weighted by atomic mass is 35.5. The number of nitrogen functional groups attached to an aromatic ring is 1. The molecule has 2 aromatic rings. The van der Waals surface area contributed by atoms with Crippen molar-refractivity contribution in [2.24, 2.45) is 0 Å². The Balaban J connectivity index is 2.55. The summed E-state index contributed by atoms with van der Waals surface area (Å²) in [6, 6.07) is 10.0. The van der Waals surface area contributed by atoms with Crippen molar-refractivity contribution in [3.63, 3.8) is 0 Å². The molecule has 16 heavy (non-hydrogen) atoms. The van der Waals surface area contributed by atoms with Crippen LogP contribution in [-0.2, 0) is 0 Å². The van der Waals surface area contributed by atoms with Gasteiger partial charge in [-0.2, -0.15) is 5.10 Å². The third-order valence-corrected chi connectivity index (χ3v) is 2.80. The zero-order valence-corrected chi connectivity index (χ0v) is 10.1. The van der Waals surface area contributed by atoms with Crippen LogP contribution in [0, 0.1) is 0 Å². The first kappa shape index (κ1) is 11.0. The molecule has 0 unspecified atom stereocenters. The van der Waals surface area contributed by atoms with Crippen LogP contribution in [0.3, 0.4) is 0 Å². The summed E-state index contributed by atoms with van der Waals surface area (Å²) in [5.41, 5.74) is 7.64. The molecule has 3 nitrogen and oxygen atoms in total. The second-order valence-corrected chi connectivity index (χ2v) is 4.33. The molecule has 2 rings (SSSR count). The Bertz CT molecular complexity index is 488. The van der Waals surface area contributed by atoms with Crippen molar-refractivity contribution in [1.82, 2.24) is 9.78 Å². The average Bonchev–Trinajstić information content (AvgIpc) is 2.58. The smallest absolute Gasteiger partial charge is 0.141 e. The second-order valence-electron chi connectivity index (χ2n) is 3.95. The predicted molar refractivity (Wildman–Crippen MR) is 67.5 cm³/mol. The molecular weight excluding hydrogens is 222 g/mol. The molecule has 0 spiro atoms. The molecule has 1 aromatic carbocycles. The standard InChI is InChI=1S/C12H14ClN3/c1-8(2)16-12(14)10(13)11(15-16)9-6-4-3-5-7-9/h3-8H,14H2,1-2H3. The molecule has 0 aliphatic carbocycles. The molecular formula is C12H14ClN3. The first-order valence-corrected chi connectivity index (χ1v) is 5.58. The molecule has 1 heterocycles. The Morgan fingerprint density at radius 1 is 1.25 bits per heavy atom. The van der Waals surface area contributed by atoms with Gasteiger partial charge < -0.3 is 5.73 Å². The summed E-state index contributed by atoms with van der Waals surface area (Å²) in [5, 5.41) is 4.97. The molecule has 4 heteroatoms. The summed E-state index contributed by atoms with van der Waals surface area (Å²) in [4.78, 5) is 0. The van der Waals surface area contributed by atoms with Crippen LogP contribution < -0.4 is 5.73 Å². The highest BCUT2D eigenvalue weighted by Crippen LogP contribution is 2.32. The summed E-state index contributed by atoms with van der Waals surface area (Å²) in [5.74, 6) is 0.524. The molecule has 0 aliphatic rings. The van der Waals surface area contributed by atoms with Crippen LogP contribution in [0.1, 0.15) is 19.9 Å². The van der Waals surface area contributed by atoms with E-state index in [1.807, 2.05) is 44.2 Å². The third-order valence-electron chi connectivity index (χ3n) is 2.42. The summed E-state index contributed by atoms with van der Waals surface area (Å²) in [7, 11) is 0. The maximum Gasteiger partial charge on any atom is 0.141 e. The molecule has 2 N–H and O–H groups in total. The van der Waals surface area contributed by atoms with Gasteiger partial charge >= 0.3 is 0 Å². The maximum absolute atomic E-state index is 6.18. The van der Waals surface area contributed by atoms with E-state index < -0.39 is 0 Å². The number of anilines is 1. The van der Waals surface area contributed by atoms with E-state index in [-0.39, 0.29) is 6.04 Å². The van der Waals surface area contributed by atoms with Crippen molar-refractivity contribution in [2.75, 3.05) is 5.73 Å². The lowest BCUT2D eigenvalue weighted by atomic mass is 10.1. The Kier molecular flexibility index (Phi) is 2.88. The van der Waals surface area contributed by atoms with Crippen LogP contribution in [0.5, 0.6) is 0 Å². The number of rotatable bonds is 2. The molecule has 1 aromatic heterocycles. The third kappa shape index (κ3) is 1.78. The van der Waals surface area contributed by atoms with E-state index in [0.717, 1.165) is 11.3 Å². The van der Waals surface area contributed by atoms with E-state index in [2.05, 4.69) is 5.10 Å². The quantitative estimate of drug-likeness (QED) is 0.868. The van der Waals surface area contributed by atoms with E-state index >= 15 is 0 Å². The van der Waals surface area contributed by atoms with Crippen molar-refractivity contribution in [3.05, 3.63) is 35.4 Å². The first-order chi connectivity index (χ1) is 7.61. The van der Waals surface area contributed by atoms with Crippen LogP contribution in [0.15, 0.2) is 30.3 Å². The zero-order valence-electron chi connectivity index (χ0n) is 9.31. The van der Waals surface area contributed by atoms with E-state index in [9.17, 15) is 0 Å². The van der Waals surface area contributed by atoms with Gasteiger partial charge in [0.2, 0.25) is 0 Å². The lowest BCUT2D eigenvalue weighted by Crippen LogP contribution is -2.06. The largest absolute Gasteiger partial charge is 0.383 e. The Labute approximate surface area is 99.8 Å². The van der Waals surface area contributed by atoms with Gasteiger partial charge in [0.1, 0.15) is 16.5 Å². The van der Waals surface area contributed by atoms with Crippen molar-refractivity contribution in [2.45, 2.75) is 19.9 Å². The van der Waals surface area contributed by atoms with Gasteiger partial charge in [-0.25, -0.2) is 4.68 Å². The van der Waals surface area contributed by atoms with Gasteiger partial charge in [-0.1, -0.05) is 41.9 Å². The number of nitrogens with two attached hydrogens (primary N) is 1. The highest BCUT2D eigenvalue weighted by molar-refractivity contribution is 6.35. The van der Waals surface area contributed by atoms with E-state index in [4.69, 9.17) is 17.3 Å². The lowest BCUT2D eigenvalue weighted by molar-refractivity contribution is 0.542. The molecule has 84 valence electrons. The fourth-order valence-corrected chi connectivity index (χ4v) is 1.83. The number of benzene rings is 1. The molecule has 0 bridgehead atoms. The summed E-state index contributed by atoms with van der Waals surface area (Å²) in [6.45, 7) is 4.04. The number of hydrogen-bond donors (Lipinski definition) is 1. The van der Waals surface area contributed by atoms with Crippen LogP contribution in [0.4, 0.5) is 5.82 Å². The minimum absolute atomic E-state index is 0.204. The number of nitrogens with zero attached hydrogens (tertiary/aromatic N) is 2. The van der Waals surface area contributed by atoms with Crippen molar-refractivity contribution < 1.29 is 0 Å². The van der Waals surface area contributed by atoms with Crippen LogP contribution in [0.2, 0.25) is 5.02 Å². The normalized spacial score (nSPS) is 11.0. The van der Waals surface area contributed by atoms with Gasteiger partial charge in [-0.15, -0.1) is 0 Å². The predicted octanol–water partition coefficient (Wildman–Crippen LogP) is 3.37. The van der Waals surface area contributed by atoms with Crippen LogP contribution in [-0.4, -0.2) is 9.78 Å². The molecule has 0 atom stereocenters. The van der Waals surface area contributed by atoms with Gasteiger partial charge in [-0.05, 0) is 13.8 Å². The number of aromatic nitrogens is 2. The minimum atomic E-state index is 0.204. The monoisotopic (exact) mass is 235 g/mol. The summed E-state index contributed by atoms with van der Waals surface area (Å²) in [6.07, 6.45) is 0. The maximum atomic E-state index is 6.18. The fourth-order valence-electron chi connectivity index (χ4n) is 1.60. The Morgan fingerprint density at radius 3 is 2.38 bits per heavy atom. The van der Waals surface area contributed by atoms with E-state index in [0.29, 0.717) is 10.8 Å². The molecule has 0 saturated heterocycles. The van der Waals surface area contributed by atoms with Gasteiger partial charge in [0.15, 0.2) is 0 Å². The minimum Gasteiger partial charge on any atom is -0.383 e. The average molecular weight is 236 g/mol. The lowest BCUT2D eigenvalue weighted by Gasteiger charge is -2.06. The number of hydrogen-bond acceptors (Lipinski definition) is 2. The molecule has 0 aliphatic heterocycles. The Morgan fingerprint density at radius 2 is 1.88 bits per heavy atom. The van der Waals surface area contributed by atoms with Gasteiger partial charge in [0.05, 0.1) is 0 Å². The summed E-state index contributed by atoms with van der Waals surface area (Å²) >= 11 is 6.18. The van der Waals surface area contributed by atoms with E-state index in [1.165, 1.54) is 0 Å². The zero-order chi connectivity index (χ0) is 11.7. The molecule has 0 radical (unpaired) electrons. The fraction of sp³-hybridized carbons (Fsp3) is 0.250. The van der Waals surface area contributed by atoms with Crippen molar-refractivity contribution in [1.29, 1.82) is 0 Å². The topological polar surface area (TPSA) is 43.8 Å². The SMILES string of the molecule is CC(C)n1nc(-c2ccccc2)c(Cl)c1N. The molecule has 0 fully saturated rings. The van der Waals surface area contributed by atoms with Crippen molar-refractivity contribution >= 4 is 17.4 Å². The van der Waals surface area contributed by atoms with Crippen LogP contribution >= 0.6 is 11.6 Å². The van der Waals surface area contributed by atoms with Gasteiger partial charge in [-0.3, -0.25) is 0 Å². The molecule has 0 saturated carbocycles. The number of halogens is 1. The highest BCUT2D eigenvalue weighted by Gasteiger charge is 2.16. The Hall–Kier alpha value is -1.48. The van der Waals surface area contributed by atoms with E-state index in [1.54, 1.807) is 4.68 Å². The second kappa shape index (κ2) is 4.18. The van der Waals surface area contributed by atoms with Crippen LogP contribution in [0.25, 0.3) is 11.3 Å². The van der Waals surface area contributed by atoms with Crippen molar-refractivity contribution in [3.8, 4) is 11.3 Å². The first-order valence-electron chi connectivity index (χ1n) is 5.20.